The van der Waals surface area contributed by atoms with Gasteiger partial charge in [-0.1, -0.05) is 0 Å². The number of ether oxygens (including phenoxy) is 2. The molecule has 8 nitrogen and oxygen atoms in total. The first-order valence-electron chi connectivity index (χ1n) is 7.48. The predicted octanol–water partition coefficient (Wildman–Crippen LogP) is 3.19. The second-order valence-electron chi connectivity index (χ2n) is 5.07. The maximum atomic E-state index is 12.5. The van der Waals surface area contributed by atoms with Crippen molar-refractivity contribution in [3.05, 3.63) is 39.7 Å². The van der Waals surface area contributed by atoms with Gasteiger partial charge in [-0.2, -0.15) is 5.26 Å². The molecule has 0 saturated heterocycles. The van der Waals surface area contributed by atoms with Crippen molar-refractivity contribution in [2.75, 3.05) is 14.2 Å². The lowest BCUT2D eigenvalue weighted by Gasteiger charge is -2.11. The molecule has 0 amide bonds. The second-order valence-corrected chi connectivity index (χ2v) is 5.07. The van der Waals surface area contributed by atoms with Gasteiger partial charge in [-0.15, -0.1) is 10.2 Å². The van der Waals surface area contributed by atoms with E-state index in [-0.39, 0.29) is 29.2 Å². The van der Waals surface area contributed by atoms with Crippen molar-refractivity contribution in [1.29, 1.82) is 5.26 Å². The molecule has 0 spiro atoms. The Morgan fingerprint density at radius 3 is 2.56 bits per heavy atom. The number of aromatic nitrogens is 1. The van der Waals surface area contributed by atoms with Crippen LogP contribution in [0.4, 0.5) is 11.4 Å². The van der Waals surface area contributed by atoms with Crippen LogP contribution in [0.1, 0.15) is 18.1 Å². The fourth-order valence-corrected chi connectivity index (χ4v) is 2.32. The summed E-state index contributed by atoms with van der Waals surface area (Å²) in [6.45, 7) is 3.43. The Labute approximate surface area is 144 Å². The molecule has 0 aliphatic heterocycles. The van der Waals surface area contributed by atoms with E-state index in [0.717, 1.165) is 4.57 Å². The highest BCUT2D eigenvalue weighted by atomic mass is 16.5. The van der Waals surface area contributed by atoms with Crippen molar-refractivity contribution < 1.29 is 14.6 Å². The SMILES string of the molecule is CCn1c(O)c(C#N)c(C)c(N=Nc2ccc(OC)cc2OC)c1=O. The van der Waals surface area contributed by atoms with Gasteiger partial charge in [0.05, 0.1) is 14.2 Å². The van der Waals surface area contributed by atoms with Gasteiger partial charge in [-0.25, -0.2) is 0 Å². The summed E-state index contributed by atoms with van der Waals surface area (Å²) in [5.41, 5.74) is 0.140. The lowest BCUT2D eigenvalue weighted by molar-refractivity contribution is 0.395. The third kappa shape index (κ3) is 3.30. The summed E-state index contributed by atoms with van der Waals surface area (Å²) in [4.78, 5) is 12.5. The molecule has 0 unspecified atom stereocenters. The fourth-order valence-electron chi connectivity index (χ4n) is 2.32. The molecular formula is C17H18N4O4. The number of azo groups is 1. The first-order valence-corrected chi connectivity index (χ1v) is 7.48. The molecule has 1 N–H and O–H groups in total. The zero-order valence-corrected chi connectivity index (χ0v) is 14.4. The molecule has 2 rings (SSSR count). The summed E-state index contributed by atoms with van der Waals surface area (Å²) >= 11 is 0. The minimum atomic E-state index is -0.521. The Kier molecular flexibility index (Phi) is 5.39. The number of hydrogen-bond acceptors (Lipinski definition) is 7. The largest absolute Gasteiger partial charge is 0.497 e. The van der Waals surface area contributed by atoms with Gasteiger partial charge in [-0.05, 0) is 26.0 Å². The molecule has 0 radical (unpaired) electrons. The van der Waals surface area contributed by atoms with E-state index in [9.17, 15) is 15.2 Å². The van der Waals surface area contributed by atoms with Crippen LogP contribution in [0, 0.1) is 18.3 Å². The highest BCUT2D eigenvalue weighted by Crippen LogP contribution is 2.33. The van der Waals surface area contributed by atoms with Crippen LogP contribution < -0.4 is 15.0 Å². The van der Waals surface area contributed by atoms with Crippen LogP contribution >= 0.6 is 0 Å². The Morgan fingerprint density at radius 2 is 2.00 bits per heavy atom. The maximum absolute atomic E-state index is 12.5. The van der Waals surface area contributed by atoms with Crippen molar-refractivity contribution in [3.63, 3.8) is 0 Å². The van der Waals surface area contributed by atoms with E-state index in [0.29, 0.717) is 17.2 Å². The van der Waals surface area contributed by atoms with Crippen molar-refractivity contribution in [2.45, 2.75) is 20.4 Å². The van der Waals surface area contributed by atoms with E-state index in [1.54, 1.807) is 32.0 Å². The molecule has 130 valence electrons. The van der Waals surface area contributed by atoms with Crippen LogP contribution in [0.25, 0.3) is 0 Å². The van der Waals surface area contributed by atoms with Crippen LogP contribution in [0.15, 0.2) is 33.2 Å². The van der Waals surface area contributed by atoms with E-state index < -0.39 is 5.56 Å². The minimum absolute atomic E-state index is 0.00269. The predicted molar refractivity (Wildman–Crippen MR) is 91.2 cm³/mol. The lowest BCUT2D eigenvalue weighted by atomic mass is 10.1. The lowest BCUT2D eigenvalue weighted by Crippen LogP contribution is -2.20. The molecule has 2 aromatic rings. The Balaban J connectivity index is 2.60. The van der Waals surface area contributed by atoms with E-state index in [1.165, 1.54) is 14.2 Å². The first-order chi connectivity index (χ1) is 12.0. The van der Waals surface area contributed by atoms with Crippen molar-refractivity contribution in [3.8, 4) is 23.4 Å². The second kappa shape index (κ2) is 7.49. The zero-order valence-electron chi connectivity index (χ0n) is 14.4. The summed E-state index contributed by atoms with van der Waals surface area (Å²) in [7, 11) is 3.02. The number of rotatable bonds is 5. The van der Waals surface area contributed by atoms with E-state index in [1.807, 2.05) is 6.07 Å². The molecule has 1 heterocycles. The number of methoxy groups -OCH3 is 2. The average molecular weight is 342 g/mol. The zero-order chi connectivity index (χ0) is 18.6. The van der Waals surface area contributed by atoms with E-state index >= 15 is 0 Å². The quantitative estimate of drug-likeness (QED) is 0.839. The molecule has 0 atom stereocenters. The third-order valence-corrected chi connectivity index (χ3v) is 3.73. The molecule has 1 aromatic heterocycles. The Morgan fingerprint density at radius 1 is 1.28 bits per heavy atom. The summed E-state index contributed by atoms with van der Waals surface area (Å²) in [6.07, 6.45) is 0. The van der Waals surface area contributed by atoms with Gasteiger partial charge < -0.3 is 14.6 Å². The maximum Gasteiger partial charge on any atom is 0.281 e. The monoisotopic (exact) mass is 342 g/mol. The Bertz CT molecular complexity index is 926. The van der Waals surface area contributed by atoms with Gasteiger partial charge in [0.1, 0.15) is 28.8 Å². The molecule has 0 bridgehead atoms. The molecule has 0 fully saturated rings. The summed E-state index contributed by atoms with van der Waals surface area (Å²) in [5, 5.41) is 27.3. The Hall–Kier alpha value is -3.34. The fraction of sp³-hybridized carbons (Fsp3) is 0.294. The highest BCUT2D eigenvalue weighted by Gasteiger charge is 2.18. The number of nitriles is 1. The van der Waals surface area contributed by atoms with Crippen LogP contribution in [0.3, 0.4) is 0 Å². The molecule has 8 heteroatoms. The minimum Gasteiger partial charge on any atom is -0.497 e. The van der Waals surface area contributed by atoms with Crippen LogP contribution in [-0.4, -0.2) is 23.9 Å². The average Bonchev–Trinajstić information content (AvgIpc) is 2.62. The topological polar surface area (TPSA) is 109 Å². The van der Waals surface area contributed by atoms with Crippen LogP contribution in [0.2, 0.25) is 0 Å². The molecule has 1 aromatic carbocycles. The standard InChI is InChI=1S/C17H18N4O4/c1-5-21-16(22)12(9-18)10(2)15(17(21)23)20-19-13-7-6-11(24-3)8-14(13)25-4/h6-8,22H,5H2,1-4H3. The van der Waals surface area contributed by atoms with Crippen molar-refractivity contribution >= 4 is 11.4 Å². The third-order valence-electron chi connectivity index (χ3n) is 3.73. The van der Waals surface area contributed by atoms with Crippen molar-refractivity contribution in [2.24, 2.45) is 10.2 Å². The molecule has 0 aliphatic rings. The molecule has 0 saturated carbocycles. The van der Waals surface area contributed by atoms with Gasteiger partial charge in [0, 0.05) is 18.2 Å². The highest BCUT2D eigenvalue weighted by molar-refractivity contribution is 5.58. The van der Waals surface area contributed by atoms with Gasteiger partial charge in [0.15, 0.2) is 5.69 Å². The molecule has 25 heavy (non-hydrogen) atoms. The van der Waals surface area contributed by atoms with Gasteiger partial charge in [-0.3, -0.25) is 9.36 Å². The summed E-state index contributed by atoms with van der Waals surface area (Å²) < 4.78 is 11.4. The number of hydrogen-bond donors (Lipinski definition) is 1. The van der Waals surface area contributed by atoms with Gasteiger partial charge >= 0.3 is 0 Å². The van der Waals surface area contributed by atoms with Gasteiger partial charge in [0.25, 0.3) is 5.56 Å². The summed E-state index contributed by atoms with van der Waals surface area (Å²) in [6, 6.07) is 6.86. The first kappa shape index (κ1) is 18.0. The number of pyridine rings is 1. The van der Waals surface area contributed by atoms with Gasteiger partial charge in [0.2, 0.25) is 5.88 Å². The molecular weight excluding hydrogens is 324 g/mol. The van der Waals surface area contributed by atoms with Crippen molar-refractivity contribution in [1.82, 2.24) is 4.57 Å². The normalized spacial score (nSPS) is 10.7. The number of aromatic hydroxyl groups is 1. The number of benzene rings is 1. The summed E-state index contributed by atoms with van der Waals surface area (Å²) in [5.74, 6) is 0.654. The van der Waals surface area contributed by atoms with E-state index in [2.05, 4.69) is 10.2 Å². The number of nitrogens with zero attached hydrogens (tertiary/aromatic N) is 4. The van der Waals surface area contributed by atoms with Crippen LogP contribution in [-0.2, 0) is 6.54 Å². The van der Waals surface area contributed by atoms with Crippen LogP contribution in [0.5, 0.6) is 17.4 Å². The van der Waals surface area contributed by atoms with E-state index in [4.69, 9.17) is 9.47 Å². The smallest absolute Gasteiger partial charge is 0.281 e. The molecule has 0 aliphatic carbocycles.